The molecule has 0 bridgehead atoms. The van der Waals surface area contributed by atoms with E-state index in [0.717, 1.165) is 0 Å². The van der Waals surface area contributed by atoms with E-state index in [1.54, 1.807) is 27.7 Å². The lowest BCUT2D eigenvalue weighted by Crippen LogP contribution is -2.39. The molecule has 0 aliphatic heterocycles. The van der Waals surface area contributed by atoms with Gasteiger partial charge in [-0.3, -0.25) is 30.3 Å². The normalized spacial score (nSPS) is 10.7. The van der Waals surface area contributed by atoms with E-state index in [9.17, 15) is 19.2 Å². The molecule has 0 rings (SSSR count). The van der Waals surface area contributed by atoms with Crippen LogP contribution >= 0.6 is 11.6 Å². The maximum Gasteiger partial charge on any atom is 0.413 e. The molecule has 2 atom stereocenters. The van der Waals surface area contributed by atoms with Crippen LogP contribution in [0.15, 0.2) is 0 Å². The molecule has 10 nitrogen and oxygen atoms in total. The Morgan fingerprint density at radius 1 is 0.963 bits per heavy atom. The summed E-state index contributed by atoms with van der Waals surface area (Å²) < 4.78 is 8.99. The highest BCUT2D eigenvalue weighted by atomic mass is 35.5. The number of ether oxygens (including phenoxy) is 2. The van der Waals surface area contributed by atoms with Crippen molar-refractivity contribution in [2.45, 2.75) is 52.9 Å². The van der Waals surface area contributed by atoms with Gasteiger partial charge in [-0.25, -0.2) is 22.7 Å². The highest BCUT2D eigenvalue weighted by molar-refractivity contribution is 6.63. The molecule has 0 saturated carbocycles. The molecule has 0 saturated heterocycles. The van der Waals surface area contributed by atoms with Crippen LogP contribution in [0, 0.1) is 13.1 Å². The van der Waals surface area contributed by atoms with Crippen molar-refractivity contribution in [1.29, 1.82) is 0 Å². The van der Waals surface area contributed by atoms with E-state index < -0.39 is 24.3 Å². The van der Waals surface area contributed by atoms with Crippen molar-refractivity contribution < 1.29 is 28.7 Å². The lowest BCUT2D eigenvalue weighted by atomic mass is 10.4. The zero-order valence-corrected chi connectivity index (χ0v) is 16.5. The minimum absolute atomic E-state index is 0.201. The lowest BCUT2D eigenvalue weighted by Gasteiger charge is -2.05. The average Bonchev–Trinajstić information content (AvgIpc) is 2.66. The van der Waals surface area contributed by atoms with Crippen LogP contribution in [0.4, 0.5) is 0 Å². The summed E-state index contributed by atoms with van der Waals surface area (Å²) in [5.41, 5.74) is 4.97. The van der Waals surface area contributed by atoms with Crippen LogP contribution in [0.5, 0.6) is 0 Å². The molecule has 11 heteroatoms. The molecule has 3 N–H and O–H groups in total. The van der Waals surface area contributed by atoms with Gasteiger partial charge in [-0.2, -0.15) is 0 Å². The van der Waals surface area contributed by atoms with Crippen LogP contribution in [0.25, 0.3) is 9.69 Å². The molecule has 0 radical (unpaired) electrons. The average molecular weight is 405 g/mol. The quantitative estimate of drug-likeness (QED) is 0.370. The topological polar surface area (TPSA) is 134 Å². The summed E-state index contributed by atoms with van der Waals surface area (Å²) in [7, 11) is 0. The van der Waals surface area contributed by atoms with Crippen molar-refractivity contribution >= 4 is 34.7 Å². The van der Waals surface area contributed by atoms with Gasteiger partial charge in [0.05, 0.1) is 13.2 Å². The maximum atomic E-state index is 11.0. The molecule has 0 aliphatic rings. The SMILES string of the molecule is CCC(=O)Cl.[C-]#[N+]C(N)C(=O)OCC.[C-]#[N+]C(NC(=O)CC)C(=O)OCC. The lowest BCUT2D eigenvalue weighted by molar-refractivity contribution is -0.146. The first kappa shape index (κ1) is 29.1. The molecule has 0 aromatic heterocycles. The van der Waals surface area contributed by atoms with Gasteiger partial charge in [0.25, 0.3) is 0 Å². The number of carbonyl (C=O) groups is 4. The predicted octanol–water partition coefficient (Wildman–Crippen LogP) is 1.24. The minimum Gasteiger partial charge on any atom is -0.459 e. The highest BCUT2D eigenvalue weighted by Gasteiger charge is 2.25. The third kappa shape index (κ3) is 19.5. The van der Waals surface area contributed by atoms with Gasteiger partial charge in [0.1, 0.15) is 0 Å². The Morgan fingerprint density at radius 2 is 1.41 bits per heavy atom. The van der Waals surface area contributed by atoms with Gasteiger partial charge in [0.2, 0.25) is 11.1 Å². The second-order valence-electron chi connectivity index (χ2n) is 4.24. The van der Waals surface area contributed by atoms with Gasteiger partial charge in [-0.05, 0) is 25.4 Å². The molecule has 0 fully saturated rings. The van der Waals surface area contributed by atoms with Crippen molar-refractivity contribution in [3.8, 4) is 0 Å². The van der Waals surface area contributed by atoms with E-state index in [0.29, 0.717) is 6.42 Å². The first-order chi connectivity index (χ1) is 12.6. The molecule has 0 heterocycles. The number of nitrogens with zero attached hydrogens (tertiary/aromatic N) is 2. The number of nitrogens with one attached hydrogen (secondary N) is 1. The van der Waals surface area contributed by atoms with Gasteiger partial charge in [-0.1, -0.05) is 13.8 Å². The number of rotatable bonds is 7. The number of nitrogens with two attached hydrogens (primary N) is 1. The van der Waals surface area contributed by atoms with Crippen molar-refractivity contribution in [2.24, 2.45) is 5.73 Å². The fourth-order valence-corrected chi connectivity index (χ4v) is 0.900. The third-order valence-electron chi connectivity index (χ3n) is 2.20. The van der Waals surface area contributed by atoms with Crippen LogP contribution in [-0.2, 0) is 28.7 Å². The van der Waals surface area contributed by atoms with Crippen LogP contribution in [0.1, 0.15) is 40.5 Å². The largest absolute Gasteiger partial charge is 0.459 e. The Morgan fingerprint density at radius 3 is 1.70 bits per heavy atom. The summed E-state index contributed by atoms with van der Waals surface area (Å²) in [6.07, 6.45) is -1.68. The number of hydrogen-bond acceptors (Lipinski definition) is 7. The Kier molecular flexibility index (Phi) is 21.1. The second-order valence-corrected chi connectivity index (χ2v) is 4.66. The zero-order chi connectivity index (χ0) is 21.8. The van der Waals surface area contributed by atoms with Gasteiger partial charge >= 0.3 is 24.3 Å². The van der Waals surface area contributed by atoms with Gasteiger partial charge in [-0.15, -0.1) is 0 Å². The summed E-state index contributed by atoms with van der Waals surface area (Å²) in [4.78, 5) is 47.5. The van der Waals surface area contributed by atoms with Crippen LogP contribution in [0.3, 0.4) is 0 Å². The number of hydrogen-bond donors (Lipinski definition) is 2. The number of esters is 2. The van der Waals surface area contributed by atoms with Crippen molar-refractivity contribution in [2.75, 3.05) is 13.2 Å². The molecule has 27 heavy (non-hydrogen) atoms. The second kappa shape index (κ2) is 19.6. The smallest absolute Gasteiger partial charge is 0.413 e. The maximum absolute atomic E-state index is 11.0. The van der Waals surface area contributed by atoms with E-state index in [-0.39, 0.29) is 30.8 Å². The fraction of sp³-hybridized carbons (Fsp3) is 0.625. The van der Waals surface area contributed by atoms with Crippen molar-refractivity contribution in [3.05, 3.63) is 22.8 Å². The first-order valence-electron chi connectivity index (χ1n) is 7.94. The Balaban J connectivity index is -0.000000356. The molecule has 1 amide bonds. The van der Waals surface area contributed by atoms with Crippen LogP contribution in [-0.4, -0.2) is 48.6 Å². The minimum atomic E-state index is -1.20. The Labute approximate surface area is 163 Å². The Bertz CT molecular complexity index is 556. The molecular formula is C16H25ClN4O6. The van der Waals surface area contributed by atoms with Crippen LogP contribution in [0.2, 0.25) is 0 Å². The summed E-state index contributed by atoms with van der Waals surface area (Å²) in [5.74, 6) is -1.71. The first-order valence-corrected chi connectivity index (χ1v) is 8.32. The standard InChI is InChI=1S/C8H12N2O3.C5H8N2O2.C3H5ClO/c1-4-6(11)10-7(9-3)8(12)13-5-2;1-3-9-5(8)4(6)7-2;1-2-3(4)5/h7H,4-5H2,1-2H3,(H,10,11);4H,3,6H2,1H3;2H2,1H3. The number of halogens is 1. The van der Waals surface area contributed by atoms with Crippen LogP contribution < -0.4 is 11.1 Å². The Hall–Kier alpha value is -2.69. The van der Waals surface area contributed by atoms with E-state index in [4.69, 9.17) is 30.5 Å². The number of amides is 1. The summed E-state index contributed by atoms with van der Waals surface area (Å²) >= 11 is 4.82. The van der Waals surface area contributed by atoms with E-state index in [1.807, 2.05) is 0 Å². The zero-order valence-electron chi connectivity index (χ0n) is 15.8. The van der Waals surface area contributed by atoms with Gasteiger partial charge < -0.3 is 9.47 Å². The number of carbonyl (C=O) groups excluding carboxylic acids is 4. The molecular weight excluding hydrogens is 380 g/mol. The molecule has 152 valence electrons. The monoisotopic (exact) mass is 404 g/mol. The van der Waals surface area contributed by atoms with Gasteiger partial charge in [0.15, 0.2) is 0 Å². The highest BCUT2D eigenvalue weighted by Crippen LogP contribution is 1.92. The van der Waals surface area contributed by atoms with Crippen molar-refractivity contribution in [1.82, 2.24) is 5.32 Å². The van der Waals surface area contributed by atoms with E-state index >= 15 is 0 Å². The third-order valence-corrected chi connectivity index (χ3v) is 2.47. The van der Waals surface area contributed by atoms with E-state index in [2.05, 4.69) is 24.5 Å². The summed E-state index contributed by atoms with van der Waals surface area (Å²) in [5, 5.41) is 1.96. The molecule has 2 unspecified atom stereocenters. The van der Waals surface area contributed by atoms with Gasteiger partial charge in [0, 0.05) is 12.8 Å². The summed E-state index contributed by atoms with van der Waals surface area (Å²) in [6, 6.07) is 0. The predicted molar refractivity (Wildman–Crippen MR) is 97.8 cm³/mol. The van der Waals surface area contributed by atoms with Crippen molar-refractivity contribution in [3.63, 3.8) is 0 Å². The molecule has 0 aromatic carbocycles. The summed E-state index contributed by atoms with van der Waals surface area (Å²) in [6.45, 7) is 20.1. The molecule has 0 spiro atoms. The fourth-order valence-electron chi connectivity index (χ4n) is 0.900. The molecule has 0 aromatic rings. The van der Waals surface area contributed by atoms with E-state index in [1.165, 1.54) is 0 Å². The molecule has 0 aliphatic carbocycles.